The average molecular weight is 277 g/mol. The molecule has 0 bridgehead atoms. The third-order valence-electron chi connectivity index (χ3n) is 4.22. The van der Waals surface area contributed by atoms with Crippen LogP contribution in [-0.2, 0) is 6.54 Å². The topological polar surface area (TPSA) is 67.1 Å². The quantitative estimate of drug-likeness (QED) is 0.653. The summed E-state index contributed by atoms with van der Waals surface area (Å²) in [6, 6.07) is 1.86. The number of hydrazine groups is 1. The summed E-state index contributed by atoms with van der Waals surface area (Å²) in [5, 5.41) is 0. The van der Waals surface area contributed by atoms with Gasteiger partial charge in [-0.1, -0.05) is 13.8 Å². The molecular weight excluding hydrogens is 250 g/mol. The SMILES string of the molecule is Cc1cc(NN)nc(CN2CCCC(C(C)C)CC2)n1. The summed E-state index contributed by atoms with van der Waals surface area (Å²) in [5.74, 6) is 8.65. The molecule has 1 unspecified atom stereocenters. The molecule has 112 valence electrons. The van der Waals surface area contributed by atoms with Crippen LogP contribution in [0.15, 0.2) is 6.07 Å². The Balaban J connectivity index is 1.98. The Morgan fingerprint density at radius 1 is 1.35 bits per heavy atom. The molecule has 5 heteroatoms. The number of likely N-dealkylation sites (tertiary alicyclic amines) is 1. The number of hydrogen-bond acceptors (Lipinski definition) is 5. The van der Waals surface area contributed by atoms with Gasteiger partial charge in [-0.15, -0.1) is 0 Å². The molecule has 0 aromatic carbocycles. The van der Waals surface area contributed by atoms with E-state index in [9.17, 15) is 0 Å². The van der Waals surface area contributed by atoms with E-state index < -0.39 is 0 Å². The molecule has 2 rings (SSSR count). The summed E-state index contributed by atoms with van der Waals surface area (Å²) >= 11 is 0. The molecule has 0 radical (unpaired) electrons. The van der Waals surface area contributed by atoms with Crippen molar-refractivity contribution >= 4 is 5.82 Å². The van der Waals surface area contributed by atoms with Gasteiger partial charge in [-0.2, -0.15) is 0 Å². The maximum Gasteiger partial charge on any atom is 0.145 e. The Bertz CT molecular complexity index is 432. The second kappa shape index (κ2) is 6.99. The van der Waals surface area contributed by atoms with Crippen molar-refractivity contribution in [3.63, 3.8) is 0 Å². The van der Waals surface area contributed by atoms with Crippen molar-refractivity contribution in [2.24, 2.45) is 17.7 Å². The van der Waals surface area contributed by atoms with E-state index in [0.29, 0.717) is 5.82 Å². The highest BCUT2D eigenvalue weighted by molar-refractivity contribution is 5.33. The molecule has 2 heterocycles. The minimum atomic E-state index is 0.697. The smallest absolute Gasteiger partial charge is 0.145 e. The van der Waals surface area contributed by atoms with Crippen molar-refractivity contribution in [3.05, 3.63) is 17.6 Å². The zero-order chi connectivity index (χ0) is 14.5. The number of nitrogens with one attached hydrogen (secondary N) is 1. The van der Waals surface area contributed by atoms with Crippen LogP contribution in [0.1, 0.15) is 44.6 Å². The number of anilines is 1. The summed E-state index contributed by atoms with van der Waals surface area (Å²) in [4.78, 5) is 11.4. The zero-order valence-electron chi connectivity index (χ0n) is 12.9. The Morgan fingerprint density at radius 3 is 2.85 bits per heavy atom. The van der Waals surface area contributed by atoms with Crippen LogP contribution in [-0.4, -0.2) is 28.0 Å². The van der Waals surface area contributed by atoms with E-state index in [1.807, 2.05) is 13.0 Å². The number of rotatable bonds is 4. The molecule has 1 fully saturated rings. The number of aryl methyl sites for hydroxylation is 1. The van der Waals surface area contributed by atoms with Crippen LogP contribution >= 0.6 is 0 Å². The highest BCUT2D eigenvalue weighted by Crippen LogP contribution is 2.25. The Kier molecular flexibility index (Phi) is 5.31. The number of nitrogens with zero attached hydrogens (tertiary/aromatic N) is 3. The highest BCUT2D eigenvalue weighted by Gasteiger charge is 2.20. The molecule has 1 atom stereocenters. The first-order chi connectivity index (χ1) is 9.58. The van der Waals surface area contributed by atoms with Crippen LogP contribution in [0.25, 0.3) is 0 Å². The van der Waals surface area contributed by atoms with Gasteiger partial charge in [0.05, 0.1) is 6.54 Å². The lowest BCUT2D eigenvalue weighted by molar-refractivity contribution is 0.259. The van der Waals surface area contributed by atoms with Crippen LogP contribution in [0.4, 0.5) is 5.82 Å². The van der Waals surface area contributed by atoms with Gasteiger partial charge in [0.1, 0.15) is 11.6 Å². The van der Waals surface area contributed by atoms with E-state index >= 15 is 0 Å². The summed E-state index contributed by atoms with van der Waals surface area (Å²) < 4.78 is 0. The van der Waals surface area contributed by atoms with Crippen molar-refractivity contribution < 1.29 is 0 Å². The number of nitrogens with two attached hydrogens (primary N) is 1. The third kappa shape index (κ3) is 4.15. The Labute approximate surface area is 121 Å². The molecule has 0 spiro atoms. The lowest BCUT2D eigenvalue weighted by Gasteiger charge is -2.20. The van der Waals surface area contributed by atoms with Crippen LogP contribution in [0.2, 0.25) is 0 Å². The normalized spacial score (nSPS) is 20.9. The second-order valence-corrected chi connectivity index (χ2v) is 6.17. The van der Waals surface area contributed by atoms with E-state index in [1.165, 1.54) is 19.3 Å². The van der Waals surface area contributed by atoms with Crippen LogP contribution < -0.4 is 11.3 Å². The third-order valence-corrected chi connectivity index (χ3v) is 4.22. The molecule has 1 aromatic rings. The lowest BCUT2D eigenvalue weighted by Crippen LogP contribution is -2.26. The summed E-state index contributed by atoms with van der Waals surface area (Å²) in [7, 11) is 0. The molecule has 1 aliphatic heterocycles. The fourth-order valence-corrected chi connectivity index (χ4v) is 2.98. The monoisotopic (exact) mass is 277 g/mol. The molecule has 3 N–H and O–H groups in total. The van der Waals surface area contributed by atoms with Gasteiger partial charge in [0, 0.05) is 11.8 Å². The van der Waals surface area contributed by atoms with E-state index in [2.05, 4.69) is 34.1 Å². The Morgan fingerprint density at radius 2 is 2.15 bits per heavy atom. The molecule has 1 saturated heterocycles. The first kappa shape index (κ1) is 15.2. The Hall–Kier alpha value is -1.20. The minimum Gasteiger partial charge on any atom is -0.308 e. The van der Waals surface area contributed by atoms with Gasteiger partial charge in [-0.25, -0.2) is 15.8 Å². The van der Waals surface area contributed by atoms with Gasteiger partial charge in [-0.05, 0) is 51.1 Å². The van der Waals surface area contributed by atoms with Gasteiger partial charge in [0.25, 0.3) is 0 Å². The van der Waals surface area contributed by atoms with E-state index in [1.54, 1.807) is 0 Å². The molecule has 0 amide bonds. The summed E-state index contributed by atoms with van der Waals surface area (Å²) in [6.45, 7) is 9.76. The molecule has 0 aliphatic carbocycles. The molecule has 5 nitrogen and oxygen atoms in total. The first-order valence-electron chi connectivity index (χ1n) is 7.62. The lowest BCUT2D eigenvalue weighted by atomic mass is 9.89. The van der Waals surface area contributed by atoms with Gasteiger partial charge in [-0.3, -0.25) is 4.90 Å². The molecule has 1 aliphatic rings. The van der Waals surface area contributed by atoms with Gasteiger partial charge in [0.2, 0.25) is 0 Å². The summed E-state index contributed by atoms with van der Waals surface area (Å²) in [6.07, 6.45) is 3.90. The van der Waals surface area contributed by atoms with Crippen LogP contribution in [0.5, 0.6) is 0 Å². The summed E-state index contributed by atoms with van der Waals surface area (Å²) in [5.41, 5.74) is 3.57. The van der Waals surface area contributed by atoms with Crippen LogP contribution in [0.3, 0.4) is 0 Å². The fourth-order valence-electron chi connectivity index (χ4n) is 2.98. The van der Waals surface area contributed by atoms with E-state index in [-0.39, 0.29) is 0 Å². The van der Waals surface area contributed by atoms with Gasteiger partial charge < -0.3 is 5.43 Å². The van der Waals surface area contributed by atoms with Crippen molar-refractivity contribution in [1.82, 2.24) is 14.9 Å². The molecule has 20 heavy (non-hydrogen) atoms. The number of hydrogen-bond donors (Lipinski definition) is 2. The predicted octanol–water partition coefficient (Wildman–Crippen LogP) is 2.33. The molecular formula is C15H27N5. The van der Waals surface area contributed by atoms with Crippen molar-refractivity contribution in [2.45, 2.75) is 46.6 Å². The molecule has 0 saturated carbocycles. The van der Waals surface area contributed by atoms with Crippen LogP contribution in [0, 0.1) is 18.8 Å². The average Bonchev–Trinajstić information content (AvgIpc) is 2.63. The van der Waals surface area contributed by atoms with Crippen molar-refractivity contribution in [1.29, 1.82) is 0 Å². The zero-order valence-corrected chi connectivity index (χ0v) is 12.9. The molecule has 1 aromatic heterocycles. The first-order valence-corrected chi connectivity index (χ1v) is 7.62. The fraction of sp³-hybridized carbons (Fsp3) is 0.733. The largest absolute Gasteiger partial charge is 0.308 e. The van der Waals surface area contributed by atoms with E-state index in [0.717, 1.165) is 43.0 Å². The second-order valence-electron chi connectivity index (χ2n) is 6.17. The standard InChI is InChI=1S/C15H27N5/c1-11(2)13-5-4-7-20(8-6-13)10-15-17-12(3)9-14(18-15)19-16/h9,11,13H,4-8,10,16H2,1-3H3,(H,17,18,19). The number of nitrogen functional groups attached to an aromatic ring is 1. The highest BCUT2D eigenvalue weighted by atomic mass is 15.3. The van der Waals surface area contributed by atoms with Gasteiger partial charge >= 0.3 is 0 Å². The minimum absolute atomic E-state index is 0.697. The number of aromatic nitrogens is 2. The van der Waals surface area contributed by atoms with E-state index in [4.69, 9.17) is 5.84 Å². The maximum atomic E-state index is 5.44. The van der Waals surface area contributed by atoms with Gasteiger partial charge in [0.15, 0.2) is 0 Å². The van der Waals surface area contributed by atoms with Crippen molar-refractivity contribution in [3.8, 4) is 0 Å². The predicted molar refractivity (Wildman–Crippen MR) is 82.0 cm³/mol. The maximum absolute atomic E-state index is 5.44. The van der Waals surface area contributed by atoms with Crippen molar-refractivity contribution in [2.75, 3.05) is 18.5 Å².